The van der Waals surface area contributed by atoms with Gasteiger partial charge in [0.25, 0.3) is 0 Å². The number of anilines is 2. The molecule has 0 atom stereocenters. The maximum Gasteiger partial charge on any atom is 0.420 e. The summed E-state index contributed by atoms with van der Waals surface area (Å²) in [6.45, 7) is 3.39. The topological polar surface area (TPSA) is 28.2 Å². The van der Waals surface area contributed by atoms with Crippen molar-refractivity contribution in [3.63, 3.8) is 0 Å². The summed E-state index contributed by atoms with van der Waals surface area (Å²) in [6, 6.07) is 1.13. The molecule has 19 heavy (non-hydrogen) atoms. The molecule has 3 nitrogen and oxygen atoms in total. The molecule has 2 rings (SSSR count). The van der Waals surface area contributed by atoms with Gasteiger partial charge in [-0.05, 0) is 24.8 Å². The number of hydrogen-bond donors (Lipinski definition) is 1. The van der Waals surface area contributed by atoms with Gasteiger partial charge in [0.1, 0.15) is 11.4 Å². The molecule has 0 aliphatic carbocycles. The first kappa shape index (κ1) is 14.0. The predicted octanol–water partition coefficient (Wildman–Crippen LogP) is 3.38. The number of nitrogens with one attached hydrogen (secondary N) is 1. The highest BCUT2D eigenvalue weighted by atomic mass is 19.4. The minimum absolute atomic E-state index is 0.0541. The lowest BCUT2D eigenvalue weighted by atomic mass is 9.99. The monoisotopic (exact) mass is 273 g/mol. The van der Waals surface area contributed by atoms with Crippen molar-refractivity contribution in [1.29, 1.82) is 0 Å². The number of pyridine rings is 1. The van der Waals surface area contributed by atoms with E-state index in [-0.39, 0.29) is 5.82 Å². The summed E-state index contributed by atoms with van der Waals surface area (Å²) in [6.07, 6.45) is -1.11. The second kappa shape index (κ2) is 5.27. The van der Waals surface area contributed by atoms with Crippen LogP contribution < -0.4 is 10.2 Å². The largest absolute Gasteiger partial charge is 0.420 e. The highest BCUT2D eigenvalue weighted by molar-refractivity contribution is 5.56. The number of alkyl halides is 3. The van der Waals surface area contributed by atoms with Gasteiger partial charge >= 0.3 is 6.18 Å². The smallest absolute Gasteiger partial charge is 0.387 e. The Morgan fingerprint density at radius 2 is 1.95 bits per heavy atom. The van der Waals surface area contributed by atoms with E-state index in [1.807, 2.05) is 0 Å². The van der Waals surface area contributed by atoms with Gasteiger partial charge in [0.15, 0.2) is 0 Å². The highest BCUT2D eigenvalue weighted by Crippen LogP contribution is 2.37. The zero-order valence-corrected chi connectivity index (χ0v) is 11.1. The molecule has 1 saturated heterocycles. The molecule has 0 saturated carbocycles. The summed E-state index contributed by atoms with van der Waals surface area (Å²) in [5.74, 6) is 0.626. The molecule has 1 fully saturated rings. The van der Waals surface area contributed by atoms with E-state index in [4.69, 9.17) is 0 Å². The van der Waals surface area contributed by atoms with Gasteiger partial charge in [0.2, 0.25) is 0 Å². The van der Waals surface area contributed by atoms with Crippen LogP contribution in [-0.4, -0.2) is 25.1 Å². The standard InChI is InChI=1S/C13H18F3N3/c1-9-3-5-19(6-4-9)12-11(13(14,15)16)7-10(17-2)8-18-12/h7-9,17H,3-6H2,1-2H3. The third kappa shape index (κ3) is 3.11. The number of halogens is 3. The van der Waals surface area contributed by atoms with Crippen LogP contribution in [0.25, 0.3) is 0 Å². The van der Waals surface area contributed by atoms with Gasteiger partial charge < -0.3 is 10.2 Å². The molecule has 106 valence electrons. The van der Waals surface area contributed by atoms with Crippen LogP contribution in [0.5, 0.6) is 0 Å². The van der Waals surface area contributed by atoms with Gasteiger partial charge in [-0.2, -0.15) is 13.2 Å². The fourth-order valence-corrected chi connectivity index (χ4v) is 2.28. The quantitative estimate of drug-likeness (QED) is 0.895. The predicted molar refractivity (Wildman–Crippen MR) is 69.4 cm³/mol. The average Bonchev–Trinajstić information content (AvgIpc) is 2.38. The van der Waals surface area contributed by atoms with Crippen LogP contribution in [0.15, 0.2) is 12.3 Å². The lowest BCUT2D eigenvalue weighted by molar-refractivity contribution is -0.137. The van der Waals surface area contributed by atoms with E-state index in [9.17, 15) is 13.2 Å². The minimum Gasteiger partial charge on any atom is -0.387 e. The van der Waals surface area contributed by atoms with Gasteiger partial charge in [-0.3, -0.25) is 0 Å². The molecule has 0 aromatic carbocycles. The fourth-order valence-electron chi connectivity index (χ4n) is 2.28. The Morgan fingerprint density at radius 1 is 1.32 bits per heavy atom. The third-order valence-electron chi connectivity index (χ3n) is 3.54. The van der Waals surface area contributed by atoms with Crippen molar-refractivity contribution in [2.45, 2.75) is 25.9 Å². The van der Waals surface area contributed by atoms with Gasteiger partial charge in [-0.15, -0.1) is 0 Å². The molecular formula is C13H18F3N3. The summed E-state index contributed by atoms with van der Waals surface area (Å²) in [5, 5.41) is 2.70. The van der Waals surface area contributed by atoms with Crippen LogP contribution in [0.1, 0.15) is 25.3 Å². The molecular weight excluding hydrogens is 255 g/mol. The Kier molecular flexibility index (Phi) is 3.87. The molecule has 0 unspecified atom stereocenters. The van der Waals surface area contributed by atoms with Crippen LogP contribution in [0.3, 0.4) is 0 Å². The van der Waals surface area contributed by atoms with E-state index in [1.165, 1.54) is 6.20 Å². The Hall–Kier alpha value is -1.46. The van der Waals surface area contributed by atoms with Crippen molar-refractivity contribution >= 4 is 11.5 Å². The average molecular weight is 273 g/mol. The summed E-state index contributed by atoms with van der Waals surface area (Å²) in [5.41, 5.74) is -0.282. The van der Waals surface area contributed by atoms with Crippen LogP contribution in [0, 0.1) is 5.92 Å². The number of hydrogen-bond acceptors (Lipinski definition) is 3. The van der Waals surface area contributed by atoms with Crippen LogP contribution in [0.2, 0.25) is 0 Å². The van der Waals surface area contributed by atoms with E-state index in [0.29, 0.717) is 24.7 Å². The van der Waals surface area contributed by atoms with E-state index in [0.717, 1.165) is 18.9 Å². The summed E-state index contributed by atoms with van der Waals surface area (Å²) in [7, 11) is 1.58. The first-order valence-corrected chi connectivity index (χ1v) is 6.41. The zero-order chi connectivity index (χ0) is 14.0. The van der Waals surface area contributed by atoms with Crippen molar-refractivity contribution in [1.82, 2.24) is 4.98 Å². The van der Waals surface area contributed by atoms with E-state index < -0.39 is 11.7 Å². The second-order valence-electron chi connectivity index (χ2n) is 5.01. The molecule has 1 N–H and O–H groups in total. The van der Waals surface area contributed by atoms with Crippen molar-refractivity contribution in [3.05, 3.63) is 17.8 Å². The fraction of sp³-hybridized carbons (Fsp3) is 0.615. The van der Waals surface area contributed by atoms with Crippen LogP contribution in [-0.2, 0) is 6.18 Å². The first-order valence-electron chi connectivity index (χ1n) is 6.41. The third-order valence-corrected chi connectivity index (χ3v) is 3.54. The molecule has 1 aliphatic heterocycles. The Bertz CT molecular complexity index is 437. The Morgan fingerprint density at radius 3 is 2.47 bits per heavy atom. The molecule has 1 aromatic heterocycles. The SMILES string of the molecule is CNc1cnc(N2CCC(C)CC2)c(C(F)(F)F)c1. The van der Waals surface area contributed by atoms with Gasteiger partial charge in [0.05, 0.1) is 11.9 Å². The number of piperidine rings is 1. The van der Waals surface area contributed by atoms with Crippen LogP contribution >= 0.6 is 0 Å². The highest BCUT2D eigenvalue weighted by Gasteiger charge is 2.36. The lowest BCUT2D eigenvalue weighted by Gasteiger charge is -2.32. The van der Waals surface area contributed by atoms with Crippen molar-refractivity contribution < 1.29 is 13.2 Å². The molecule has 0 radical (unpaired) electrons. The number of aromatic nitrogens is 1. The summed E-state index contributed by atoms with van der Waals surface area (Å²) in [4.78, 5) is 5.75. The number of nitrogens with zero attached hydrogens (tertiary/aromatic N) is 2. The van der Waals surface area contributed by atoms with E-state index in [1.54, 1.807) is 11.9 Å². The molecule has 0 spiro atoms. The molecule has 1 aromatic rings. The van der Waals surface area contributed by atoms with Gasteiger partial charge in [-0.25, -0.2) is 4.98 Å². The molecule has 6 heteroatoms. The maximum atomic E-state index is 13.1. The van der Waals surface area contributed by atoms with Crippen molar-refractivity contribution in [2.75, 3.05) is 30.4 Å². The van der Waals surface area contributed by atoms with E-state index in [2.05, 4.69) is 17.2 Å². The zero-order valence-electron chi connectivity index (χ0n) is 11.1. The Balaban J connectivity index is 2.34. The maximum absolute atomic E-state index is 13.1. The van der Waals surface area contributed by atoms with Gasteiger partial charge in [-0.1, -0.05) is 6.92 Å². The molecule has 2 heterocycles. The number of rotatable bonds is 2. The van der Waals surface area contributed by atoms with Crippen molar-refractivity contribution in [3.8, 4) is 0 Å². The normalized spacial score (nSPS) is 17.6. The van der Waals surface area contributed by atoms with E-state index >= 15 is 0 Å². The van der Waals surface area contributed by atoms with Crippen LogP contribution in [0.4, 0.5) is 24.7 Å². The summed E-state index contributed by atoms with van der Waals surface area (Å²) < 4.78 is 39.3. The molecule has 1 aliphatic rings. The minimum atomic E-state index is -4.38. The molecule has 0 amide bonds. The lowest BCUT2D eigenvalue weighted by Crippen LogP contribution is -2.35. The summed E-state index contributed by atoms with van der Waals surface area (Å²) >= 11 is 0. The van der Waals surface area contributed by atoms with Gasteiger partial charge in [0, 0.05) is 20.1 Å². The van der Waals surface area contributed by atoms with Crippen molar-refractivity contribution in [2.24, 2.45) is 5.92 Å². The first-order chi connectivity index (χ1) is 8.91. The second-order valence-corrected chi connectivity index (χ2v) is 5.01. The molecule has 0 bridgehead atoms. The Labute approximate surface area is 110 Å².